The van der Waals surface area contributed by atoms with Crippen molar-refractivity contribution in [2.24, 2.45) is 5.73 Å². The molecule has 5 heteroatoms. The van der Waals surface area contributed by atoms with E-state index in [-0.39, 0.29) is 18.4 Å². The molecule has 4 nitrogen and oxygen atoms in total. The van der Waals surface area contributed by atoms with Gasteiger partial charge in [-0.25, -0.2) is 0 Å². The van der Waals surface area contributed by atoms with Gasteiger partial charge in [-0.15, -0.1) is 0 Å². The van der Waals surface area contributed by atoms with Crippen molar-refractivity contribution in [1.29, 1.82) is 0 Å². The number of halogens is 1. The van der Waals surface area contributed by atoms with E-state index in [1.807, 2.05) is 6.92 Å². The molecule has 0 heterocycles. The van der Waals surface area contributed by atoms with E-state index in [2.05, 4.69) is 5.32 Å². The fourth-order valence-electron chi connectivity index (χ4n) is 1.31. The standard InChI is InChI=1S/C12H17ClN2O2/c1-3-8(14)6-12(16)15-11-7-9(17-2)4-5-10(11)13/h4-5,7-8H,3,6,14H2,1-2H3,(H,15,16). The molecular formula is C12H17ClN2O2. The third-order valence-electron chi connectivity index (χ3n) is 2.42. The summed E-state index contributed by atoms with van der Waals surface area (Å²) in [6.07, 6.45) is 1.04. The van der Waals surface area contributed by atoms with Crippen molar-refractivity contribution >= 4 is 23.2 Å². The number of amides is 1. The number of benzene rings is 1. The predicted octanol–water partition coefficient (Wildman–Crippen LogP) is 2.41. The van der Waals surface area contributed by atoms with Crippen molar-refractivity contribution in [1.82, 2.24) is 0 Å². The molecule has 1 amide bonds. The summed E-state index contributed by atoms with van der Waals surface area (Å²) in [5.41, 5.74) is 6.24. The lowest BCUT2D eigenvalue weighted by atomic mass is 10.1. The fourth-order valence-corrected chi connectivity index (χ4v) is 1.48. The first-order chi connectivity index (χ1) is 8.06. The number of hydrogen-bond acceptors (Lipinski definition) is 3. The van der Waals surface area contributed by atoms with Crippen LogP contribution in [0.1, 0.15) is 19.8 Å². The van der Waals surface area contributed by atoms with Crippen LogP contribution in [0, 0.1) is 0 Å². The van der Waals surface area contributed by atoms with Crippen LogP contribution in [0.15, 0.2) is 18.2 Å². The number of methoxy groups -OCH3 is 1. The molecule has 0 saturated heterocycles. The van der Waals surface area contributed by atoms with Crippen LogP contribution in [0.3, 0.4) is 0 Å². The molecule has 0 bridgehead atoms. The maximum Gasteiger partial charge on any atom is 0.225 e. The van der Waals surface area contributed by atoms with E-state index in [1.54, 1.807) is 25.3 Å². The van der Waals surface area contributed by atoms with E-state index >= 15 is 0 Å². The van der Waals surface area contributed by atoms with Gasteiger partial charge in [-0.05, 0) is 18.6 Å². The lowest BCUT2D eigenvalue weighted by Crippen LogP contribution is -2.26. The van der Waals surface area contributed by atoms with Crippen LogP contribution < -0.4 is 15.8 Å². The van der Waals surface area contributed by atoms with Gasteiger partial charge in [0.1, 0.15) is 5.75 Å². The SMILES string of the molecule is CCC(N)CC(=O)Nc1cc(OC)ccc1Cl. The molecule has 0 saturated carbocycles. The maximum atomic E-state index is 11.6. The van der Waals surface area contributed by atoms with E-state index in [9.17, 15) is 4.79 Å². The second-order valence-corrected chi connectivity index (χ2v) is 4.17. The predicted molar refractivity (Wildman–Crippen MR) is 69.5 cm³/mol. The Bertz CT molecular complexity index is 396. The maximum absolute atomic E-state index is 11.6. The number of nitrogens with two attached hydrogens (primary N) is 1. The van der Waals surface area contributed by atoms with Gasteiger partial charge in [-0.3, -0.25) is 4.79 Å². The van der Waals surface area contributed by atoms with Crippen molar-refractivity contribution in [3.8, 4) is 5.75 Å². The highest BCUT2D eigenvalue weighted by atomic mass is 35.5. The van der Waals surface area contributed by atoms with Crippen molar-refractivity contribution in [3.63, 3.8) is 0 Å². The Hall–Kier alpha value is -1.26. The minimum atomic E-state index is -0.144. The monoisotopic (exact) mass is 256 g/mol. The first kappa shape index (κ1) is 13.8. The van der Waals surface area contributed by atoms with Crippen molar-refractivity contribution in [2.45, 2.75) is 25.8 Å². The zero-order valence-electron chi connectivity index (χ0n) is 10.00. The van der Waals surface area contributed by atoms with Crippen LogP contribution in [-0.4, -0.2) is 19.1 Å². The normalized spacial score (nSPS) is 12.0. The molecule has 1 rings (SSSR count). The molecule has 3 N–H and O–H groups in total. The number of hydrogen-bond donors (Lipinski definition) is 2. The summed E-state index contributed by atoms with van der Waals surface area (Å²) in [6, 6.07) is 4.96. The van der Waals surface area contributed by atoms with Gasteiger partial charge < -0.3 is 15.8 Å². The molecule has 0 aromatic heterocycles. The lowest BCUT2D eigenvalue weighted by molar-refractivity contribution is -0.116. The summed E-state index contributed by atoms with van der Waals surface area (Å²) in [4.78, 5) is 11.6. The molecule has 1 unspecified atom stereocenters. The van der Waals surface area contributed by atoms with Crippen LogP contribution in [0.25, 0.3) is 0 Å². The molecule has 94 valence electrons. The molecule has 0 spiro atoms. The molecule has 0 fully saturated rings. The van der Waals surface area contributed by atoms with Crippen LogP contribution in [0.5, 0.6) is 5.75 Å². The van der Waals surface area contributed by atoms with E-state index in [0.29, 0.717) is 16.5 Å². The molecule has 17 heavy (non-hydrogen) atoms. The second kappa shape index (κ2) is 6.47. The Labute approximate surface area is 106 Å². The number of carbonyl (C=O) groups excluding carboxylic acids is 1. The number of rotatable bonds is 5. The van der Waals surface area contributed by atoms with Gasteiger partial charge in [0.15, 0.2) is 0 Å². The quantitative estimate of drug-likeness (QED) is 0.850. The zero-order chi connectivity index (χ0) is 12.8. The van der Waals surface area contributed by atoms with Gasteiger partial charge in [0.05, 0.1) is 17.8 Å². The zero-order valence-corrected chi connectivity index (χ0v) is 10.8. The Morgan fingerprint density at radius 2 is 2.29 bits per heavy atom. The van der Waals surface area contributed by atoms with E-state index in [1.165, 1.54) is 0 Å². The minimum absolute atomic E-state index is 0.126. The van der Waals surface area contributed by atoms with Gasteiger partial charge in [0.2, 0.25) is 5.91 Å². The molecule has 1 aromatic rings. The molecule has 0 aliphatic rings. The number of nitrogens with one attached hydrogen (secondary N) is 1. The van der Waals surface area contributed by atoms with E-state index in [0.717, 1.165) is 6.42 Å². The average Bonchev–Trinajstić information content (AvgIpc) is 2.31. The van der Waals surface area contributed by atoms with Crippen LogP contribution >= 0.6 is 11.6 Å². The Morgan fingerprint density at radius 1 is 1.59 bits per heavy atom. The topological polar surface area (TPSA) is 64.4 Å². The highest BCUT2D eigenvalue weighted by Gasteiger charge is 2.10. The average molecular weight is 257 g/mol. The Kier molecular flexibility index (Phi) is 5.25. The minimum Gasteiger partial charge on any atom is -0.497 e. The highest BCUT2D eigenvalue weighted by molar-refractivity contribution is 6.33. The summed E-state index contributed by atoms with van der Waals surface area (Å²) < 4.78 is 5.06. The van der Waals surface area contributed by atoms with Gasteiger partial charge in [0, 0.05) is 18.5 Å². The van der Waals surface area contributed by atoms with Gasteiger partial charge >= 0.3 is 0 Å². The smallest absolute Gasteiger partial charge is 0.225 e. The van der Waals surface area contributed by atoms with Crippen molar-refractivity contribution < 1.29 is 9.53 Å². The van der Waals surface area contributed by atoms with Crippen LogP contribution in [0.4, 0.5) is 5.69 Å². The van der Waals surface area contributed by atoms with Crippen molar-refractivity contribution in [2.75, 3.05) is 12.4 Å². The molecular weight excluding hydrogens is 240 g/mol. The number of anilines is 1. The summed E-state index contributed by atoms with van der Waals surface area (Å²) in [6.45, 7) is 1.94. The van der Waals surface area contributed by atoms with Gasteiger partial charge in [0.25, 0.3) is 0 Å². The summed E-state index contributed by atoms with van der Waals surface area (Å²) in [5.74, 6) is 0.499. The van der Waals surface area contributed by atoms with Gasteiger partial charge in [-0.2, -0.15) is 0 Å². The lowest BCUT2D eigenvalue weighted by Gasteiger charge is -2.11. The number of carbonyl (C=O) groups is 1. The number of ether oxygens (including phenoxy) is 1. The fraction of sp³-hybridized carbons (Fsp3) is 0.417. The molecule has 1 atom stereocenters. The van der Waals surface area contributed by atoms with Crippen LogP contribution in [-0.2, 0) is 4.79 Å². The molecule has 0 aliphatic heterocycles. The second-order valence-electron chi connectivity index (χ2n) is 3.77. The molecule has 0 aliphatic carbocycles. The Morgan fingerprint density at radius 3 is 2.88 bits per heavy atom. The first-order valence-corrected chi connectivity index (χ1v) is 5.83. The van der Waals surface area contributed by atoms with Crippen LogP contribution in [0.2, 0.25) is 5.02 Å². The Balaban J connectivity index is 2.70. The highest BCUT2D eigenvalue weighted by Crippen LogP contribution is 2.26. The van der Waals surface area contributed by atoms with Gasteiger partial charge in [-0.1, -0.05) is 18.5 Å². The third kappa shape index (κ3) is 4.24. The van der Waals surface area contributed by atoms with Crippen molar-refractivity contribution in [3.05, 3.63) is 23.2 Å². The largest absolute Gasteiger partial charge is 0.497 e. The summed E-state index contributed by atoms with van der Waals surface area (Å²) in [7, 11) is 1.56. The summed E-state index contributed by atoms with van der Waals surface area (Å²) >= 11 is 5.97. The van der Waals surface area contributed by atoms with E-state index in [4.69, 9.17) is 22.1 Å². The molecule has 1 aromatic carbocycles. The molecule has 0 radical (unpaired) electrons. The van der Waals surface area contributed by atoms with E-state index < -0.39 is 0 Å². The first-order valence-electron chi connectivity index (χ1n) is 5.45. The third-order valence-corrected chi connectivity index (χ3v) is 2.75. The summed E-state index contributed by atoms with van der Waals surface area (Å²) in [5, 5.41) is 3.20.